The molecule has 124 valence electrons. The number of aromatic nitrogens is 1. The highest BCUT2D eigenvalue weighted by Crippen LogP contribution is 2.43. The van der Waals surface area contributed by atoms with Crippen LogP contribution in [-0.2, 0) is 0 Å². The SMILES string of the molecule is COc1ccccc1-c1c(C)nc(N)c(C#N)c1-c1ccccc1Cl. The zero-order chi connectivity index (χ0) is 18.0. The minimum absolute atomic E-state index is 0.188. The summed E-state index contributed by atoms with van der Waals surface area (Å²) in [5.41, 5.74) is 10.1. The van der Waals surface area contributed by atoms with Crippen molar-refractivity contribution in [2.24, 2.45) is 0 Å². The van der Waals surface area contributed by atoms with E-state index in [1.165, 1.54) is 0 Å². The molecular formula is C20H16ClN3O. The molecule has 3 aromatic rings. The maximum absolute atomic E-state index is 9.70. The van der Waals surface area contributed by atoms with Crippen LogP contribution in [0.25, 0.3) is 22.3 Å². The lowest BCUT2D eigenvalue weighted by molar-refractivity contribution is 0.416. The van der Waals surface area contributed by atoms with Gasteiger partial charge in [-0.2, -0.15) is 5.26 Å². The quantitative estimate of drug-likeness (QED) is 0.734. The van der Waals surface area contributed by atoms with Crippen LogP contribution in [0.1, 0.15) is 11.3 Å². The number of rotatable bonds is 3. The Morgan fingerprint density at radius 2 is 1.68 bits per heavy atom. The van der Waals surface area contributed by atoms with Crippen molar-refractivity contribution in [3.63, 3.8) is 0 Å². The van der Waals surface area contributed by atoms with Crippen molar-refractivity contribution in [1.82, 2.24) is 4.98 Å². The van der Waals surface area contributed by atoms with Crippen molar-refractivity contribution in [2.45, 2.75) is 6.92 Å². The first-order valence-corrected chi connectivity index (χ1v) is 8.04. The van der Waals surface area contributed by atoms with E-state index in [9.17, 15) is 5.26 Å². The number of para-hydroxylation sites is 1. The van der Waals surface area contributed by atoms with Crippen molar-refractivity contribution in [3.05, 3.63) is 64.8 Å². The van der Waals surface area contributed by atoms with Gasteiger partial charge in [0, 0.05) is 33.0 Å². The van der Waals surface area contributed by atoms with Crippen LogP contribution in [0, 0.1) is 18.3 Å². The van der Waals surface area contributed by atoms with Crippen LogP contribution in [0.5, 0.6) is 5.75 Å². The smallest absolute Gasteiger partial charge is 0.142 e. The van der Waals surface area contributed by atoms with Crippen LogP contribution in [-0.4, -0.2) is 12.1 Å². The maximum atomic E-state index is 9.70. The number of aryl methyl sites for hydroxylation is 1. The molecule has 0 radical (unpaired) electrons. The Hall–Kier alpha value is -3.03. The lowest BCUT2D eigenvalue weighted by atomic mass is 9.89. The first kappa shape index (κ1) is 16.8. The van der Waals surface area contributed by atoms with Gasteiger partial charge in [-0.15, -0.1) is 0 Å². The van der Waals surface area contributed by atoms with Crippen LogP contribution in [0.2, 0.25) is 5.02 Å². The highest BCUT2D eigenvalue weighted by atomic mass is 35.5. The predicted octanol–water partition coefficient (Wildman–Crippen LogP) is 4.84. The van der Waals surface area contributed by atoms with E-state index in [0.29, 0.717) is 27.6 Å². The van der Waals surface area contributed by atoms with Gasteiger partial charge in [0.25, 0.3) is 0 Å². The fourth-order valence-electron chi connectivity index (χ4n) is 2.95. The van der Waals surface area contributed by atoms with Gasteiger partial charge in [0.2, 0.25) is 0 Å². The van der Waals surface area contributed by atoms with Gasteiger partial charge in [0.1, 0.15) is 23.2 Å². The monoisotopic (exact) mass is 349 g/mol. The summed E-state index contributed by atoms with van der Waals surface area (Å²) in [6.45, 7) is 1.86. The molecule has 0 fully saturated rings. The molecule has 0 saturated carbocycles. The molecule has 3 rings (SSSR count). The van der Waals surface area contributed by atoms with E-state index in [4.69, 9.17) is 22.1 Å². The summed E-state index contributed by atoms with van der Waals surface area (Å²) in [6.07, 6.45) is 0. The molecule has 25 heavy (non-hydrogen) atoms. The maximum Gasteiger partial charge on any atom is 0.142 e. The van der Waals surface area contributed by atoms with E-state index in [1.807, 2.05) is 49.4 Å². The Kier molecular flexibility index (Phi) is 4.60. The zero-order valence-corrected chi connectivity index (χ0v) is 14.6. The van der Waals surface area contributed by atoms with E-state index in [1.54, 1.807) is 13.2 Å². The number of pyridine rings is 1. The Morgan fingerprint density at radius 3 is 2.32 bits per heavy atom. The lowest BCUT2D eigenvalue weighted by Gasteiger charge is -2.18. The number of hydrogen-bond acceptors (Lipinski definition) is 4. The molecule has 0 bridgehead atoms. The zero-order valence-electron chi connectivity index (χ0n) is 13.9. The van der Waals surface area contributed by atoms with Gasteiger partial charge in [-0.05, 0) is 19.1 Å². The summed E-state index contributed by atoms with van der Waals surface area (Å²) < 4.78 is 5.50. The Morgan fingerprint density at radius 1 is 1.04 bits per heavy atom. The fraction of sp³-hybridized carbons (Fsp3) is 0.100. The third kappa shape index (κ3) is 2.90. The highest BCUT2D eigenvalue weighted by Gasteiger charge is 2.22. The molecule has 0 atom stereocenters. The molecule has 0 aliphatic heterocycles. The molecule has 2 aromatic carbocycles. The Labute approximate surface area is 151 Å². The van der Waals surface area contributed by atoms with E-state index in [2.05, 4.69) is 11.1 Å². The summed E-state index contributed by atoms with van der Waals surface area (Å²) in [6, 6.07) is 17.2. The number of nitrogens with zero attached hydrogens (tertiary/aromatic N) is 2. The number of anilines is 1. The van der Waals surface area contributed by atoms with Gasteiger partial charge in [0.15, 0.2) is 0 Å². The topological polar surface area (TPSA) is 71.9 Å². The number of hydrogen-bond donors (Lipinski definition) is 1. The van der Waals surface area contributed by atoms with E-state index in [-0.39, 0.29) is 5.82 Å². The summed E-state index contributed by atoms with van der Waals surface area (Å²) in [5.74, 6) is 0.878. The molecule has 0 aliphatic carbocycles. The second-order valence-electron chi connectivity index (χ2n) is 5.50. The number of nitrogen functional groups attached to an aromatic ring is 1. The number of nitriles is 1. The molecule has 1 aromatic heterocycles. The van der Waals surface area contributed by atoms with Crippen LogP contribution in [0.15, 0.2) is 48.5 Å². The van der Waals surface area contributed by atoms with E-state index < -0.39 is 0 Å². The molecule has 2 N–H and O–H groups in total. The molecule has 0 unspecified atom stereocenters. The normalized spacial score (nSPS) is 10.3. The van der Waals surface area contributed by atoms with Gasteiger partial charge in [-0.25, -0.2) is 4.98 Å². The Bertz CT molecular complexity index is 993. The minimum Gasteiger partial charge on any atom is -0.496 e. The van der Waals surface area contributed by atoms with E-state index >= 15 is 0 Å². The summed E-state index contributed by atoms with van der Waals surface area (Å²) in [5, 5.41) is 10.2. The van der Waals surface area contributed by atoms with Crippen LogP contribution < -0.4 is 10.5 Å². The standard InChI is InChI=1S/C20H16ClN3O/c1-12-18(14-8-4-6-10-17(14)25-2)19(15(11-22)20(23)24-12)13-7-3-5-9-16(13)21/h3-10H,1-2H3,(H2,23,24). The van der Waals surface area contributed by atoms with E-state index in [0.717, 1.165) is 16.7 Å². The van der Waals surface area contributed by atoms with Gasteiger partial charge in [-0.1, -0.05) is 48.0 Å². The molecule has 1 heterocycles. The number of halogens is 1. The number of benzene rings is 2. The third-order valence-electron chi connectivity index (χ3n) is 4.04. The van der Waals surface area contributed by atoms with Crippen LogP contribution >= 0.6 is 11.6 Å². The summed E-state index contributed by atoms with van der Waals surface area (Å²) in [4.78, 5) is 4.37. The lowest BCUT2D eigenvalue weighted by Crippen LogP contribution is -2.04. The van der Waals surface area contributed by atoms with Gasteiger partial charge < -0.3 is 10.5 Å². The minimum atomic E-state index is 0.188. The number of methoxy groups -OCH3 is 1. The van der Waals surface area contributed by atoms with Crippen molar-refractivity contribution in [3.8, 4) is 34.1 Å². The molecular weight excluding hydrogens is 334 g/mol. The number of nitrogens with two attached hydrogens (primary N) is 1. The van der Waals surface area contributed by atoms with Crippen molar-refractivity contribution in [2.75, 3.05) is 12.8 Å². The second kappa shape index (κ2) is 6.84. The van der Waals surface area contributed by atoms with Gasteiger partial charge in [0.05, 0.1) is 7.11 Å². The van der Waals surface area contributed by atoms with Gasteiger partial charge in [-0.3, -0.25) is 0 Å². The predicted molar refractivity (Wildman–Crippen MR) is 101 cm³/mol. The average molecular weight is 350 g/mol. The summed E-state index contributed by atoms with van der Waals surface area (Å²) >= 11 is 6.42. The molecule has 5 heteroatoms. The second-order valence-corrected chi connectivity index (χ2v) is 5.91. The summed E-state index contributed by atoms with van der Waals surface area (Å²) in [7, 11) is 1.61. The highest BCUT2D eigenvalue weighted by molar-refractivity contribution is 6.33. The number of ether oxygens (including phenoxy) is 1. The first-order chi connectivity index (χ1) is 12.1. The van der Waals surface area contributed by atoms with Crippen molar-refractivity contribution in [1.29, 1.82) is 5.26 Å². The van der Waals surface area contributed by atoms with Crippen molar-refractivity contribution >= 4 is 17.4 Å². The first-order valence-electron chi connectivity index (χ1n) is 7.67. The van der Waals surface area contributed by atoms with Crippen molar-refractivity contribution < 1.29 is 4.74 Å². The molecule has 0 amide bonds. The third-order valence-corrected chi connectivity index (χ3v) is 4.37. The van der Waals surface area contributed by atoms with Gasteiger partial charge >= 0.3 is 0 Å². The Balaban J connectivity index is 2.48. The largest absolute Gasteiger partial charge is 0.496 e. The van der Waals surface area contributed by atoms with Crippen LogP contribution in [0.3, 0.4) is 0 Å². The van der Waals surface area contributed by atoms with Crippen LogP contribution in [0.4, 0.5) is 5.82 Å². The average Bonchev–Trinajstić information content (AvgIpc) is 2.62. The molecule has 4 nitrogen and oxygen atoms in total. The molecule has 0 spiro atoms. The molecule has 0 aliphatic rings. The fourth-order valence-corrected chi connectivity index (χ4v) is 3.18. The molecule has 0 saturated heterocycles.